The summed E-state index contributed by atoms with van der Waals surface area (Å²) in [6.07, 6.45) is 0.198. The number of imide groups is 1. The SMILES string of the molecule is CCN1C(=O)CC(Nc2cc(C)ccc2OC)C1=O. The molecule has 1 saturated heterocycles. The molecule has 1 aromatic carbocycles. The second-order valence-electron chi connectivity index (χ2n) is 4.58. The molecule has 0 aromatic heterocycles. The molecule has 0 saturated carbocycles. The van der Waals surface area contributed by atoms with E-state index in [9.17, 15) is 9.59 Å². The van der Waals surface area contributed by atoms with Gasteiger partial charge in [0.1, 0.15) is 11.8 Å². The van der Waals surface area contributed by atoms with E-state index in [2.05, 4.69) is 5.32 Å². The van der Waals surface area contributed by atoms with Crippen molar-refractivity contribution >= 4 is 17.5 Å². The number of anilines is 1. The van der Waals surface area contributed by atoms with E-state index in [0.717, 1.165) is 11.3 Å². The fourth-order valence-corrected chi connectivity index (χ4v) is 2.25. The van der Waals surface area contributed by atoms with Crippen molar-refractivity contribution in [2.45, 2.75) is 26.3 Å². The normalized spacial score (nSPS) is 18.9. The van der Waals surface area contributed by atoms with Gasteiger partial charge in [0.25, 0.3) is 5.91 Å². The van der Waals surface area contributed by atoms with Crippen molar-refractivity contribution in [1.82, 2.24) is 4.90 Å². The maximum atomic E-state index is 12.0. The number of methoxy groups -OCH3 is 1. The number of ether oxygens (including phenoxy) is 1. The quantitative estimate of drug-likeness (QED) is 0.837. The molecule has 102 valence electrons. The average Bonchev–Trinajstić information content (AvgIpc) is 2.64. The van der Waals surface area contributed by atoms with Crippen LogP contribution in [0.5, 0.6) is 5.75 Å². The van der Waals surface area contributed by atoms with Gasteiger partial charge in [-0.15, -0.1) is 0 Å². The van der Waals surface area contributed by atoms with Gasteiger partial charge >= 0.3 is 0 Å². The molecule has 5 heteroatoms. The molecule has 1 N–H and O–H groups in total. The monoisotopic (exact) mass is 262 g/mol. The lowest BCUT2D eigenvalue weighted by molar-refractivity contribution is -0.138. The molecule has 2 rings (SSSR count). The molecule has 19 heavy (non-hydrogen) atoms. The molecule has 1 aromatic rings. The number of rotatable bonds is 4. The summed E-state index contributed by atoms with van der Waals surface area (Å²) < 4.78 is 5.25. The smallest absolute Gasteiger partial charge is 0.252 e. The first-order valence-electron chi connectivity index (χ1n) is 6.32. The number of hydrogen-bond acceptors (Lipinski definition) is 4. The molecule has 0 spiro atoms. The molecule has 0 aliphatic carbocycles. The highest BCUT2D eigenvalue weighted by atomic mass is 16.5. The van der Waals surface area contributed by atoms with Crippen molar-refractivity contribution in [3.05, 3.63) is 23.8 Å². The lowest BCUT2D eigenvalue weighted by Gasteiger charge is -2.16. The zero-order valence-electron chi connectivity index (χ0n) is 11.4. The summed E-state index contributed by atoms with van der Waals surface area (Å²) in [5.74, 6) is 0.369. The largest absolute Gasteiger partial charge is 0.495 e. The van der Waals surface area contributed by atoms with Crippen LogP contribution in [0.3, 0.4) is 0 Å². The summed E-state index contributed by atoms with van der Waals surface area (Å²) in [6.45, 7) is 4.18. The Morgan fingerprint density at radius 3 is 2.74 bits per heavy atom. The van der Waals surface area contributed by atoms with Gasteiger partial charge < -0.3 is 10.1 Å². The molecule has 2 amide bonds. The molecular weight excluding hydrogens is 244 g/mol. The zero-order valence-corrected chi connectivity index (χ0v) is 11.4. The molecular formula is C14H18N2O3. The predicted octanol–water partition coefficient (Wildman–Crippen LogP) is 1.56. The summed E-state index contributed by atoms with van der Waals surface area (Å²) in [6, 6.07) is 5.19. The topological polar surface area (TPSA) is 58.6 Å². The Morgan fingerprint density at radius 1 is 1.42 bits per heavy atom. The maximum Gasteiger partial charge on any atom is 0.252 e. The van der Waals surface area contributed by atoms with Gasteiger partial charge in [0.2, 0.25) is 5.91 Å². The zero-order chi connectivity index (χ0) is 14.0. The lowest BCUT2D eigenvalue weighted by atomic mass is 10.1. The van der Waals surface area contributed by atoms with Crippen LogP contribution >= 0.6 is 0 Å². The number of nitrogens with one attached hydrogen (secondary N) is 1. The van der Waals surface area contributed by atoms with Crippen molar-refractivity contribution in [2.75, 3.05) is 19.0 Å². The third kappa shape index (κ3) is 2.54. The first kappa shape index (κ1) is 13.4. The number of likely N-dealkylation sites (N-methyl/N-ethyl adjacent to an activating group) is 1. The number of aryl methyl sites for hydroxylation is 1. The standard InChI is InChI=1S/C14H18N2O3/c1-4-16-13(17)8-11(14(16)18)15-10-7-9(2)5-6-12(10)19-3/h5-7,11,15H,4,8H2,1-3H3. The third-order valence-electron chi connectivity index (χ3n) is 3.24. The Bertz CT molecular complexity index is 513. The van der Waals surface area contributed by atoms with E-state index in [0.29, 0.717) is 12.3 Å². The molecule has 0 radical (unpaired) electrons. The number of carbonyl (C=O) groups is 2. The number of benzene rings is 1. The molecule has 1 aliphatic rings. The minimum absolute atomic E-state index is 0.128. The number of nitrogens with zero attached hydrogens (tertiary/aromatic N) is 1. The number of amides is 2. The van der Waals surface area contributed by atoms with E-state index in [4.69, 9.17) is 4.74 Å². The minimum Gasteiger partial charge on any atom is -0.495 e. The first-order chi connectivity index (χ1) is 9.06. The van der Waals surface area contributed by atoms with Crippen LogP contribution in [0, 0.1) is 6.92 Å². The third-order valence-corrected chi connectivity index (χ3v) is 3.24. The first-order valence-corrected chi connectivity index (χ1v) is 6.32. The summed E-state index contributed by atoms with van der Waals surface area (Å²) in [4.78, 5) is 25.0. The van der Waals surface area contributed by atoms with Gasteiger partial charge in [-0.25, -0.2) is 0 Å². The Labute approximate surface area is 112 Å². The van der Waals surface area contributed by atoms with Crippen molar-refractivity contribution in [3.8, 4) is 5.75 Å². The van der Waals surface area contributed by atoms with E-state index in [-0.39, 0.29) is 18.2 Å². The van der Waals surface area contributed by atoms with Gasteiger partial charge in [0.05, 0.1) is 19.2 Å². The van der Waals surface area contributed by atoms with Gasteiger partial charge in [0, 0.05) is 6.54 Å². The van der Waals surface area contributed by atoms with Gasteiger partial charge in [-0.1, -0.05) is 6.07 Å². The molecule has 1 aliphatic heterocycles. The Morgan fingerprint density at radius 2 is 2.16 bits per heavy atom. The molecule has 1 fully saturated rings. The molecule has 1 unspecified atom stereocenters. The number of hydrogen-bond donors (Lipinski definition) is 1. The highest BCUT2D eigenvalue weighted by Crippen LogP contribution is 2.28. The van der Waals surface area contributed by atoms with Crippen LogP contribution in [0.25, 0.3) is 0 Å². The summed E-state index contributed by atoms with van der Waals surface area (Å²) in [7, 11) is 1.58. The van der Waals surface area contributed by atoms with Gasteiger partial charge in [-0.05, 0) is 31.5 Å². The van der Waals surface area contributed by atoms with Crippen LogP contribution in [0.1, 0.15) is 18.9 Å². The van der Waals surface area contributed by atoms with E-state index < -0.39 is 6.04 Å². The van der Waals surface area contributed by atoms with Crippen LogP contribution in [0.4, 0.5) is 5.69 Å². The minimum atomic E-state index is -0.497. The fraction of sp³-hybridized carbons (Fsp3) is 0.429. The highest BCUT2D eigenvalue weighted by molar-refractivity contribution is 6.06. The van der Waals surface area contributed by atoms with E-state index >= 15 is 0 Å². The van der Waals surface area contributed by atoms with Crippen LogP contribution < -0.4 is 10.1 Å². The van der Waals surface area contributed by atoms with Crippen LogP contribution in [-0.4, -0.2) is 36.4 Å². The average molecular weight is 262 g/mol. The van der Waals surface area contributed by atoms with Crippen molar-refractivity contribution in [3.63, 3.8) is 0 Å². The van der Waals surface area contributed by atoms with Crippen LogP contribution in [0.15, 0.2) is 18.2 Å². The van der Waals surface area contributed by atoms with Crippen LogP contribution in [0.2, 0.25) is 0 Å². The molecule has 5 nitrogen and oxygen atoms in total. The molecule has 1 atom stereocenters. The predicted molar refractivity (Wildman–Crippen MR) is 72.2 cm³/mol. The van der Waals surface area contributed by atoms with E-state index in [1.807, 2.05) is 25.1 Å². The Hall–Kier alpha value is -2.04. The maximum absolute atomic E-state index is 12.0. The van der Waals surface area contributed by atoms with Crippen LogP contribution in [-0.2, 0) is 9.59 Å². The number of likely N-dealkylation sites (tertiary alicyclic amines) is 1. The lowest BCUT2D eigenvalue weighted by Crippen LogP contribution is -2.34. The summed E-state index contributed by atoms with van der Waals surface area (Å²) in [5, 5.41) is 3.11. The Balaban J connectivity index is 2.20. The highest BCUT2D eigenvalue weighted by Gasteiger charge is 2.37. The van der Waals surface area contributed by atoms with Gasteiger partial charge in [-0.2, -0.15) is 0 Å². The second-order valence-corrected chi connectivity index (χ2v) is 4.58. The molecule has 1 heterocycles. The fourth-order valence-electron chi connectivity index (χ4n) is 2.25. The van der Waals surface area contributed by atoms with Gasteiger partial charge in [-0.3, -0.25) is 14.5 Å². The van der Waals surface area contributed by atoms with Crippen molar-refractivity contribution in [1.29, 1.82) is 0 Å². The van der Waals surface area contributed by atoms with Gasteiger partial charge in [0.15, 0.2) is 0 Å². The Kier molecular flexibility index (Phi) is 3.74. The summed E-state index contributed by atoms with van der Waals surface area (Å²) >= 11 is 0. The second kappa shape index (κ2) is 5.30. The summed E-state index contributed by atoms with van der Waals surface area (Å²) in [5.41, 5.74) is 1.80. The molecule has 0 bridgehead atoms. The van der Waals surface area contributed by atoms with Crippen molar-refractivity contribution in [2.24, 2.45) is 0 Å². The van der Waals surface area contributed by atoms with E-state index in [1.165, 1.54) is 4.90 Å². The van der Waals surface area contributed by atoms with Crippen molar-refractivity contribution < 1.29 is 14.3 Å². The number of carbonyl (C=O) groups excluding carboxylic acids is 2. The van der Waals surface area contributed by atoms with E-state index in [1.54, 1.807) is 14.0 Å².